The highest BCUT2D eigenvalue weighted by atomic mass is 15.0. The molecule has 1 heterocycles. The molecule has 3 rings (SSSR count). The van der Waals surface area contributed by atoms with Gasteiger partial charge in [0.1, 0.15) is 18.4 Å². The SMILES string of the molecule is C1=C[CH+]c2c(cccc2C2N=CC=N2)[CH+]1. The molecule has 0 bridgehead atoms. The normalized spacial score (nSPS) is 17.3. The van der Waals surface area contributed by atoms with Crippen molar-refractivity contribution in [2.75, 3.05) is 0 Å². The molecule has 0 saturated heterocycles. The second-order valence-electron chi connectivity index (χ2n) is 3.54. The Morgan fingerprint density at radius 1 is 1.00 bits per heavy atom. The zero-order valence-electron chi connectivity index (χ0n) is 8.17. The second kappa shape index (κ2) is 3.31. The fourth-order valence-corrected chi connectivity index (χ4v) is 1.91. The lowest BCUT2D eigenvalue weighted by molar-refractivity contribution is 0.795. The van der Waals surface area contributed by atoms with Crippen LogP contribution in [0.5, 0.6) is 0 Å². The fourth-order valence-electron chi connectivity index (χ4n) is 1.91. The molecule has 15 heavy (non-hydrogen) atoms. The molecule has 0 aromatic heterocycles. The molecule has 0 fully saturated rings. The minimum atomic E-state index is -0.0453. The summed E-state index contributed by atoms with van der Waals surface area (Å²) >= 11 is 0. The molecule has 2 heteroatoms. The Balaban J connectivity index is 2.09. The Kier molecular flexibility index (Phi) is 1.85. The maximum absolute atomic E-state index is 4.31. The van der Waals surface area contributed by atoms with Crippen molar-refractivity contribution < 1.29 is 0 Å². The number of fused-ring (bicyclic) bond motifs is 1. The monoisotopic (exact) mass is 194 g/mol. The number of rotatable bonds is 1. The molecule has 70 valence electrons. The van der Waals surface area contributed by atoms with E-state index in [2.05, 4.69) is 41.0 Å². The van der Waals surface area contributed by atoms with Crippen molar-refractivity contribution in [2.24, 2.45) is 9.98 Å². The molecule has 1 aliphatic carbocycles. The Morgan fingerprint density at radius 2 is 1.80 bits per heavy atom. The van der Waals surface area contributed by atoms with Gasteiger partial charge in [-0.2, -0.15) is 0 Å². The van der Waals surface area contributed by atoms with Gasteiger partial charge < -0.3 is 0 Å². The van der Waals surface area contributed by atoms with Gasteiger partial charge in [-0.25, -0.2) is 9.98 Å². The summed E-state index contributed by atoms with van der Waals surface area (Å²) in [5.41, 5.74) is 3.66. The van der Waals surface area contributed by atoms with E-state index in [4.69, 9.17) is 0 Å². The van der Waals surface area contributed by atoms with Gasteiger partial charge in [0.25, 0.3) is 0 Å². The van der Waals surface area contributed by atoms with Crippen LogP contribution >= 0.6 is 0 Å². The fraction of sp³-hybridized carbons (Fsp3) is 0.0769. The van der Waals surface area contributed by atoms with Crippen LogP contribution in [-0.4, -0.2) is 12.4 Å². The molecule has 0 spiro atoms. The molecule has 0 unspecified atom stereocenters. The Labute approximate surface area is 89.1 Å². The van der Waals surface area contributed by atoms with Gasteiger partial charge in [0.15, 0.2) is 11.1 Å². The van der Waals surface area contributed by atoms with E-state index in [1.165, 1.54) is 16.7 Å². The summed E-state index contributed by atoms with van der Waals surface area (Å²) in [6, 6.07) is 6.26. The number of hydrogen-bond donors (Lipinski definition) is 0. The lowest BCUT2D eigenvalue weighted by Gasteiger charge is -2.04. The van der Waals surface area contributed by atoms with E-state index < -0.39 is 0 Å². The Hall–Kier alpha value is -1.96. The van der Waals surface area contributed by atoms with Gasteiger partial charge in [0, 0.05) is 24.6 Å². The summed E-state index contributed by atoms with van der Waals surface area (Å²) in [7, 11) is 0. The first-order chi connectivity index (χ1) is 7.45. The summed E-state index contributed by atoms with van der Waals surface area (Å²) in [4.78, 5) is 8.62. The Morgan fingerprint density at radius 3 is 2.67 bits per heavy atom. The molecule has 1 aliphatic heterocycles. The van der Waals surface area contributed by atoms with E-state index in [1.54, 1.807) is 12.4 Å². The minimum absolute atomic E-state index is 0.0453. The average molecular weight is 194 g/mol. The number of hydrogen-bond acceptors (Lipinski definition) is 2. The predicted molar refractivity (Wildman–Crippen MR) is 62.1 cm³/mol. The van der Waals surface area contributed by atoms with E-state index in [9.17, 15) is 0 Å². The Bertz CT molecular complexity index is 457. The number of benzene rings is 1. The van der Waals surface area contributed by atoms with Crippen LogP contribution in [0.4, 0.5) is 0 Å². The van der Waals surface area contributed by atoms with Crippen molar-refractivity contribution in [1.82, 2.24) is 0 Å². The maximum atomic E-state index is 4.31. The lowest BCUT2D eigenvalue weighted by atomic mass is 9.91. The van der Waals surface area contributed by atoms with Crippen LogP contribution < -0.4 is 0 Å². The topological polar surface area (TPSA) is 24.7 Å². The van der Waals surface area contributed by atoms with E-state index in [-0.39, 0.29) is 6.17 Å². The van der Waals surface area contributed by atoms with Crippen molar-refractivity contribution in [3.8, 4) is 0 Å². The van der Waals surface area contributed by atoms with Crippen LogP contribution in [0.3, 0.4) is 0 Å². The minimum Gasteiger partial charge on any atom is -0.250 e. The summed E-state index contributed by atoms with van der Waals surface area (Å²) in [6.45, 7) is 0. The van der Waals surface area contributed by atoms with Crippen molar-refractivity contribution in [3.05, 3.63) is 59.9 Å². The van der Waals surface area contributed by atoms with Crippen LogP contribution in [0.15, 0.2) is 40.3 Å². The molecular weight excluding hydrogens is 184 g/mol. The van der Waals surface area contributed by atoms with Crippen LogP contribution in [0, 0.1) is 12.8 Å². The van der Waals surface area contributed by atoms with Crippen LogP contribution in [0.25, 0.3) is 0 Å². The van der Waals surface area contributed by atoms with Crippen LogP contribution in [0.2, 0.25) is 0 Å². The summed E-state index contributed by atoms with van der Waals surface area (Å²) in [5.74, 6) is 0. The first kappa shape index (κ1) is 8.36. The first-order valence-corrected chi connectivity index (χ1v) is 4.98. The van der Waals surface area contributed by atoms with Crippen molar-refractivity contribution in [1.29, 1.82) is 0 Å². The van der Waals surface area contributed by atoms with Crippen molar-refractivity contribution in [3.63, 3.8) is 0 Å². The van der Waals surface area contributed by atoms with Gasteiger partial charge in [-0.15, -0.1) is 0 Å². The number of allylic oxidation sites excluding steroid dienone is 2. The lowest BCUT2D eigenvalue weighted by Crippen LogP contribution is -2.01. The summed E-state index contributed by atoms with van der Waals surface area (Å²) < 4.78 is 0. The largest absolute Gasteiger partial charge is 0.250 e. The van der Waals surface area contributed by atoms with Gasteiger partial charge in [-0.05, 0) is 0 Å². The van der Waals surface area contributed by atoms with Crippen molar-refractivity contribution in [2.45, 2.75) is 6.17 Å². The number of nitrogens with zero attached hydrogens (tertiary/aromatic N) is 2. The standard InChI is InChI=1S/C13H10N2/c1-2-6-11-10(4-1)5-3-7-12(11)13-14-8-9-15-13/h1-9,13H/q+2. The van der Waals surface area contributed by atoms with E-state index in [0.29, 0.717) is 0 Å². The highest BCUT2D eigenvalue weighted by molar-refractivity contribution is 6.17. The van der Waals surface area contributed by atoms with Gasteiger partial charge in [-0.1, -0.05) is 0 Å². The molecule has 1 aromatic rings. The quantitative estimate of drug-likeness (QED) is 0.614. The molecule has 2 aliphatic rings. The van der Waals surface area contributed by atoms with E-state index in [1.807, 2.05) is 12.2 Å². The third-order valence-corrected chi connectivity index (χ3v) is 2.62. The van der Waals surface area contributed by atoms with Gasteiger partial charge >= 0.3 is 0 Å². The van der Waals surface area contributed by atoms with E-state index >= 15 is 0 Å². The molecule has 1 aromatic carbocycles. The third-order valence-electron chi connectivity index (χ3n) is 2.62. The molecule has 0 amide bonds. The maximum Gasteiger partial charge on any atom is 0.208 e. The predicted octanol–water partition coefficient (Wildman–Crippen LogP) is 2.51. The second-order valence-corrected chi connectivity index (χ2v) is 3.54. The molecule has 0 saturated carbocycles. The molecule has 0 N–H and O–H groups in total. The average Bonchev–Trinajstić information content (AvgIpc) is 2.82. The zero-order valence-corrected chi connectivity index (χ0v) is 8.17. The summed E-state index contributed by atoms with van der Waals surface area (Å²) in [6.07, 6.45) is 11.8. The molecular formula is C13H10N2+2. The summed E-state index contributed by atoms with van der Waals surface area (Å²) in [5, 5.41) is 0. The van der Waals surface area contributed by atoms with Gasteiger partial charge in [0.05, 0.1) is 18.2 Å². The highest BCUT2D eigenvalue weighted by Crippen LogP contribution is 2.30. The van der Waals surface area contributed by atoms with E-state index in [0.717, 1.165) is 0 Å². The zero-order chi connectivity index (χ0) is 10.1. The third kappa shape index (κ3) is 1.34. The highest BCUT2D eigenvalue weighted by Gasteiger charge is 2.29. The number of aliphatic imine (C=N–C) groups is 2. The molecule has 2 nitrogen and oxygen atoms in total. The molecule has 0 atom stereocenters. The van der Waals surface area contributed by atoms with Gasteiger partial charge in [0.2, 0.25) is 6.17 Å². The van der Waals surface area contributed by atoms with Crippen molar-refractivity contribution >= 4 is 12.4 Å². The van der Waals surface area contributed by atoms with Crippen LogP contribution in [0.1, 0.15) is 22.9 Å². The first-order valence-electron chi connectivity index (χ1n) is 4.98. The van der Waals surface area contributed by atoms with Crippen LogP contribution in [-0.2, 0) is 0 Å². The van der Waals surface area contributed by atoms with Gasteiger partial charge in [-0.3, -0.25) is 0 Å². The molecule has 0 radical (unpaired) electrons. The smallest absolute Gasteiger partial charge is 0.208 e.